The number of ether oxygens (including phenoxy) is 2. The third-order valence-electron chi connectivity index (χ3n) is 5.17. The van der Waals surface area contributed by atoms with Crippen LogP contribution in [0.5, 0.6) is 5.75 Å². The van der Waals surface area contributed by atoms with Crippen molar-refractivity contribution in [2.75, 3.05) is 32.8 Å². The monoisotopic (exact) mass is 409 g/mol. The van der Waals surface area contributed by atoms with Gasteiger partial charge in [0.15, 0.2) is 0 Å². The quantitative estimate of drug-likeness (QED) is 0.559. The molecule has 1 atom stereocenters. The predicted octanol–water partition coefficient (Wildman–Crippen LogP) is 3.32. The van der Waals surface area contributed by atoms with Crippen LogP contribution >= 0.6 is 0 Å². The number of hydrogen-bond donors (Lipinski definition) is 2. The highest BCUT2D eigenvalue weighted by molar-refractivity contribution is 5.84. The molecule has 8 heteroatoms. The molecule has 1 saturated heterocycles. The summed E-state index contributed by atoms with van der Waals surface area (Å²) in [5, 5.41) is 3.90. The molecular weight excluding hydrogens is 380 g/mol. The molecule has 6 nitrogen and oxygen atoms in total. The lowest BCUT2D eigenvalue weighted by molar-refractivity contribution is -0.158. The first-order valence-electron chi connectivity index (χ1n) is 10.1. The van der Waals surface area contributed by atoms with Crippen molar-refractivity contribution in [2.24, 2.45) is 0 Å². The summed E-state index contributed by atoms with van der Waals surface area (Å²) in [5.41, 5.74) is 2.24. The molecule has 0 saturated carbocycles. The molecule has 1 aliphatic heterocycles. The maximum Gasteiger partial charge on any atom is 0.345 e. The Bertz CT molecular complexity index is 797. The first-order chi connectivity index (χ1) is 14.0. The van der Waals surface area contributed by atoms with Gasteiger partial charge >= 0.3 is 6.61 Å². The van der Waals surface area contributed by atoms with Crippen LogP contribution in [-0.4, -0.2) is 61.3 Å². The van der Waals surface area contributed by atoms with Gasteiger partial charge in [-0.2, -0.15) is 8.78 Å². The average Bonchev–Trinajstić information content (AvgIpc) is 3.28. The second-order valence-electron chi connectivity index (χ2n) is 7.42. The zero-order valence-electron chi connectivity index (χ0n) is 16.8. The molecule has 2 heterocycles. The fourth-order valence-corrected chi connectivity index (χ4v) is 3.67. The van der Waals surface area contributed by atoms with Crippen molar-refractivity contribution in [2.45, 2.75) is 45.3 Å². The van der Waals surface area contributed by atoms with E-state index in [1.807, 2.05) is 24.4 Å². The van der Waals surface area contributed by atoms with Gasteiger partial charge in [-0.1, -0.05) is 0 Å². The first kappa shape index (κ1) is 21.5. The number of hydrogen-bond acceptors (Lipinski definition) is 4. The van der Waals surface area contributed by atoms with Gasteiger partial charge in [0.2, 0.25) is 5.91 Å². The Hall–Kier alpha value is -2.19. The molecular formula is C21H29F2N3O3. The number of alkyl halides is 2. The van der Waals surface area contributed by atoms with E-state index in [1.165, 1.54) is 12.5 Å². The van der Waals surface area contributed by atoms with Crippen LogP contribution in [0.15, 0.2) is 24.4 Å². The molecule has 29 heavy (non-hydrogen) atoms. The normalized spacial score (nSPS) is 17.3. The van der Waals surface area contributed by atoms with Crippen LogP contribution in [0.3, 0.4) is 0 Å². The number of aromatic nitrogens is 1. The van der Waals surface area contributed by atoms with Crippen LogP contribution in [0, 0.1) is 0 Å². The van der Waals surface area contributed by atoms with E-state index in [0.717, 1.165) is 49.0 Å². The van der Waals surface area contributed by atoms with Gasteiger partial charge in [0.25, 0.3) is 0 Å². The topological polar surface area (TPSA) is 66.6 Å². The lowest BCUT2D eigenvalue weighted by Gasteiger charge is -2.15. The number of carbonyl (C=O) groups is 1. The minimum absolute atomic E-state index is 0.0117. The molecule has 2 N–H and O–H groups in total. The smallest absolute Gasteiger partial charge is 0.345 e. The Morgan fingerprint density at radius 3 is 3.03 bits per heavy atom. The summed E-state index contributed by atoms with van der Waals surface area (Å²) >= 11 is 0. The van der Waals surface area contributed by atoms with Crippen LogP contribution in [-0.2, 0) is 16.0 Å². The van der Waals surface area contributed by atoms with Gasteiger partial charge in [0.1, 0.15) is 5.75 Å². The van der Waals surface area contributed by atoms with Crippen LogP contribution in [0.2, 0.25) is 0 Å². The van der Waals surface area contributed by atoms with Crippen LogP contribution in [0.25, 0.3) is 10.9 Å². The number of unbranched alkanes of at least 4 members (excludes halogenated alkanes) is 1. The van der Waals surface area contributed by atoms with Crippen molar-refractivity contribution in [3.63, 3.8) is 0 Å². The van der Waals surface area contributed by atoms with Crippen molar-refractivity contribution < 1.29 is 23.0 Å². The van der Waals surface area contributed by atoms with E-state index in [0.29, 0.717) is 26.1 Å². The number of halogens is 2. The van der Waals surface area contributed by atoms with Crippen LogP contribution < -0.4 is 10.1 Å². The number of H-pyrrole nitrogens is 1. The summed E-state index contributed by atoms with van der Waals surface area (Å²) in [7, 11) is 0. The van der Waals surface area contributed by atoms with Crippen LogP contribution in [0.4, 0.5) is 8.78 Å². The van der Waals surface area contributed by atoms with Gasteiger partial charge in [-0.15, -0.1) is 0 Å². The van der Waals surface area contributed by atoms with Crippen molar-refractivity contribution in [3.8, 4) is 5.75 Å². The molecule has 0 radical (unpaired) electrons. The molecule has 160 valence electrons. The van der Waals surface area contributed by atoms with Crippen molar-refractivity contribution >= 4 is 16.8 Å². The summed E-state index contributed by atoms with van der Waals surface area (Å²) in [5.74, 6) is 0.812. The van der Waals surface area contributed by atoms with E-state index < -0.39 is 6.61 Å². The number of amides is 1. The SMILES string of the molecule is CC(=O)NCCCCOc1ccc2[nH]cc(CCN3CC[C@H](OC(F)F)C3)c2c1. The summed E-state index contributed by atoms with van der Waals surface area (Å²) < 4.78 is 35.2. The maximum atomic E-state index is 12.3. The molecule has 0 aliphatic carbocycles. The minimum Gasteiger partial charge on any atom is -0.494 e. The van der Waals surface area contributed by atoms with Gasteiger partial charge < -0.3 is 24.7 Å². The molecule has 0 spiro atoms. The lowest BCUT2D eigenvalue weighted by atomic mass is 10.1. The zero-order chi connectivity index (χ0) is 20.6. The summed E-state index contributed by atoms with van der Waals surface area (Å²) in [6.45, 7) is 2.23. The number of likely N-dealkylation sites (tertiary alicyclic amines) is 1. The van der Waals surface area contributed by atoms with E-state index in [4.69, 9.17) is 4.74 Å². The highest BCUT2D eigenvalue weighted by Gasteiger charge is 2.25. The minimum atomic E-state index is -2.70. The first-order valence-corrected chi connectivity index (χ1v) is 10.1. The fourth-order valence-electron chi connectivity index (χ4n) is 3.67. The standard InChI is InChI=1S/C21H29F2N3O3/c1-15(27)24-8-2-3-11-28-17-4-5-20-19(12-17)16(13-25-20)6-9-26-10-7-18(14-26)29-21(22)23/h4-5,12-13,18,21,25H,2-3,6-11,14H2,1H3,(H,24,27)/t18-/m0/s1. The van der Waals surface area contributed by atoms with E-state index in [-0.39, 0.29) is 12.0 Å². The number of benzene rings is 1. The average molecular weight is 409 g/mol. The fraction of sp³-hybridized carbons (Fsp3) is 0.571. The number of fused-ring (bicyclic) bond motifs is 1. The van der Waals surface area contributed by atoms with E-state index in [1.54, 1.807) is 0 Å². The van der Waals surface area contributed by atoms with Crippen molar-refractivity contribution in [1.29, 1.82) is 0 Å². The van der Waals surface area contributed by atoms with Crippen molar-refractivity contribution in [1.82, 2.24) is 15.2 Å². The number of carbonyl (C=O) groups excluding carboxylic acids is 1. The highest BCUT2D eigenvalue weighted by Crippen LogP contribution is 2.25. The third-order valence-corrected chi connectivity index (χ3v) is 5.17. The van der Waals surface area contributed by atoms with Crippen LogP contribution in [0.1, 0.15) is 31.7 Å². The Morgan fingerprint density at radius 1 is 1.38 bits per heavy atom. The molecule has 1 aliphatic rings. The zero-order valence-corrected chi connectivity index (χ0v) is 16.8. The predicted molar refractivity (Wildman–Crippen MR) is 107 cm³/mol. The Kier molecular flexibility index (Phi) is 7.83. The molecule has 1 aromatic heterocycles. The number of rotatable bonds is 11. The van der Waals surface area contributed by atoms with Gasteiger partial charge in [-0.25, -0.2) is 0 Å². The summed E-state index contributed by atoms with van der Waals surface area (Å²) in [6.07, 6.45) is 4.87. The summed E-state index contributed by atoms with van der Waals surface area (Å²) in [4.78, 5) is 16.3. The van der Waals surface area contributed by atoms with Gasteiger partial charge in [0.05, 0.1) is 12.7 Å². The molecule has 2 aromatic rings. The second-order valence-corrected chi connectivity index (χ2v) is 7.42. The number of aromatic amines is 1. The van der Waals surface area contributed by atoms with Gasteiger partial charge in [0, 0.05) is 50.2 Å². The Labute approximate surface area is 169 Å². The third kappa shape index (κ3) is 6.68. The molecule has 1 amide bonds. The Balaban J connectivity index is 1.47. The van der Waals surface area contributed by atoms with E-state index in [9.17, 15) is 13.6 Å². The van der Waals surface area contributed by atoms with Gasteiger partial charge in [-0.05, 0) is 49.4 Å². The van der Waals surface area contributed by atoms with E-state index >= 15 is 0 Å². The second kappa shape index (κ2) is 10.5. The van der Waals surface area contributed by atoms with Gasteiger partial charge in [-0.3, -0.25) is 4.79 Å². The van der Waals surface area contributed by atoms with Crippen molar-refractivity contribution in [3.05, 3.63) is 30.0 Å². The number of nitrogens with one attached hydrogen (secondary N) is 2. The Morgan fingerprint density at radius 2 is 2.24 bits per heavy atom. The lowest BCUT2D eigenvalue weighted by Crippen LogP contribution is -2.26. The molecule has 0 bridgehead atoms. The number of nitrogens with zero attached hydrogens (tertiary/aromatic N) is 1. The molecule has 3 rings (SSSR count). The molecule has 0 unspecified atom stereocenters. The van der Waals surface area contributed by atoms with E-state index in [2.05, 4.69) is 19.9 Å². The molecule has 1 fully saturated rings. The summed E-state index contributed by atoms with van der Waals surface area (Å²) in [6, 6.07) is 6.00. The largest absolute Gasteiger partial charge is 0.494 e. The maximum absolute atomic E-state index is 12.3. The molecule has 1 aromatic carbocycles. The highest BCUT2D eigenvalue weighted by atomic mass is 19.3.